The van der Waals surface area contributed by atoms with Gasteiger partial charge in [-0.2, -0.15) is 4.98 Å². The summed E-state index contributed by atoms with van der Waals surface area (Å²) in [5.41, 5.74) is 1.94. The van der Waals surface area contributed by atoms with Crippen LogP contribution >= 0.6 is 22.9 Å². The van der Waals surface area contributed by atoms with Gasteiger partial charge in [0.25, 0.3) is 11.5 Å². The molecule has 1 saturated heterocycles. The number of nitrogens with zero attached hydrogens (tertiary/aromatic N) is 4. The van der Waals surface area contributed by atoms with E-state index in [0.717, 1.165) is 26.5 Å². The van der Waals surface area contributed by atoms with Crippen molar-refractivity contribution in [2.24, 2.45) is 0 Å². The molecule has 0 aliphatic carbocycles. The number of amides is 2. The Balaban J connectivity index is 1.43. The van der Waals surface area contributed by atoms with Crippen molar-refractivity contribution >= 4 is 56.6 Å². The van der Waals surface area contributed by atoms with Gasteiger partial charge < -0.3 is 20.1 Å². The number of likely N-dealkylation sites (tertiary alicyclic amines) is 1. The van der Waals surface area contributed by atoms with Crippen LogP contribution < -0.4 is 16.2 Å². The Hall–Kier alpha value is -3.76. The normalized spacial score (nSPS) is 14.0. The molecule has 0 unspecified atom stereocenters. The van der Waals surface area contributed by atoms with Crippen molar-refractivity contribution in [1.29, 1.82) is 0 Å². The zero-order valence-corrected chi connectivity index (χ0v) is 22.6. The molecule has 0 spiro atoms. The summed E-state index contributed by atoms with van der Waals surface area (Å²) in [6, 6.07) is 13.0. The molecular weight excluding hydrogens is 524 g/mol. The Morgan fingerprint density at radius 3 is 2.55 bits per heavy atom. The van der Waals surface area contributed by atoms with Crippen LogP contribution in [0.1, 0.15) is 40.7 Å². The maximum Gasteiger partial charge on any atom is 0.287 e. The molecule has 2 N–H and O–H groups in total. The van der Waals surface area contributed by atoms with Gasteiger partial charge in [0.05, 0.1) is 21.8 Å². The van der Waals surface area contributed by atoms with Crippen molar-refractivity contribution in [2.75, 3.05) is 18.4 Å². The smallest absolute Gasteiger partial charge is 0.287 e. The molecule has 9 nitrogen and oxygen atoms in total. The number of aromatic nitrogens is 3. The molecule has 2 aromatic carbocycles. The Kier molecular flexibility index (Phi) is 7.44. The lowest BCUT2D eigenvalue weighted by atomic mass is 10.0. The second-order valence-electron chi connectivity index (χ2n) is 9.33. The summed E-state index contributed by atoms with van der Waals surface area (Å²) in [4.78, 5) is 48.3. The highest BCUT2D eigenvalue weighted by Gasteiger charge is 2.24. The van der Waals surface area contributed by atoms with Crippen molar-refractivity contribution in [3.05, 3.63) is 80.2 Å². The second-order valence-corrected chi connectivity index (χ2v) is 11.0. The minimum atomic E-state index is -0.617. The molecule has 196 valence electrons. The van der Waals surface area contributed by atoms with Crippen LogP contribution in [-0.2, 0) is 11.3 Å². The number of fused-ring (bicyclic) bond motifs is 1. The first-order valence-electron chi connectivity index (χ1n) is 12.3. The van der Waals surface area contributed by atoms with Crippen molar-refractivity contribution in [1.82, 2.24) is 24.8 Å². The van der Waals surface area contributed by atoms with E-state index in [2.05, 4.69) is 20.6 Å². The van der Waals surface area contributed by atoms with Gasteiger partial charge in [-0.25, -0.2) is 4.98 Å². The topological polar surface area (TPSA) is 109 Å². The number of carbonyl (C=O) groups excluding carboxylic acids is 2. The fourth-order valence-electron chi connectivity index (χ4n) is 4.50. The largest absolute Gasteiger partial charge is 0.349 e. The Bertz CT molecular complexity index is 1560. The van der Waals surface area contributed by atoms with E-state index in [1.165, 1.54) is 0 Å². The fourth-order valence-corrected chi connectivity index (χ4v) is 5.50. The number of carbonyl (C=O) groups is 2. The zero-order chi connectivity index (χ0) is 26.8. The van der Waals surface area contributed by atoms with E-state index in [-0.39, 0.29) is 17.5 Å². The van der Waals surface area contributed by atoms with Crippen LogP contribution in [0.2, 0.25) is 5.02 Å². The van der Waals surface area contributed by atoms with Crippen LogP contribution in [0.3, 0.4) is 0 Å². The van der Waals surface area contributed by atoms with Crippen LogP contribution in [0.5, 0.6) is 0 Å². The van der Waals surface area contributed by atoms with Crippen molar-refractivity contribution in [3.63, 3.8) is 0 Å². The number of thiazole rings is 1. The number of rotatable bonds is 6. The van der Waals surface area contributed by atoms with E-state index in [4.69, 9.17) is 11.6 Å². The third kappa shape index (κ3) is 5.87. The van der Waals surface area contributed by atoms with Crippen LogP contribution in [0, 0.1) is 6.92 Å². The van der Waals surface area contributed by atoms with Crippen molar-refractivity contribution in [3.8, 4) is 0 Å². The van der Waals surface area contributed by atoms with Gasteiger partial charge in [0.15, 0.2) is 0 Å². The summed E-state index contributed by atoms with van der Waals surface area (Å²) in [6.45, 7) is 5.02. The van der Waals surface area contributed by atoms with Gasteiger partial charge in [-0.05, 0) is 55.7 Å². The summed E-state index contributed by atoms with van der Waals surface area (Å²) in [6.07, 6.45) is 2.81. The van der Waals surface area contributed by atoms with E-state index >= 15 is 0 Å². The van der Waals surface area contributed by atoms with Crippen LogP contribution in [-0.4, -0.2) is 50.4 Å². The Morgan fingerprint density at radius 1 is 1.11 bits per heavy atom. The number of piperidine rings is 1. The summed E-state index contributed by atoms with van der Waals surface area (Å²) in [5, 5.41) is 7.79. The quantitative estimate of drug-likeness (QED) is 0.369. The number of nitrogens with one attached hydrogen (secondary N) is 2. The number of hydrogen-bond donors (Lipinski definition) is 2. The molecule has 11 heteroatoms. The van der Waals surface area contributed by atoms with Crippen LogP contribution in [0.4, 0.5) is 11.6 Å². The molecule has 2 amide bonds. The SMILES string of the molecule is CC(=O)N1CCC(NC(=O)c2cn(Cc3ccc(Cl)cc3)c(Nc3ccc4nc(C)sc4c3)nc2=O)CC1. The second kappa shape index (κ2) is 10.9. The van der Waals surface area contributed by atoms with E-state index in [0.29, 0.717) is 43.4 Å². The molecule has 0 radical (unpaired) electrons. The lowest BCUT2D eigenvalue weighted by Gasteiger charge is -2.31. The minimum Gasteiger partial charge on any atom is -0.349 e. The molecule has 5 rings (SSSR count). The van der Waals surface area contributed by atoms with Gasteiger partial charge in [-0.3, -0.25) is 14.4 Å². The highest BCUT2D eigenvalue weighted by Crippen LogP contribution is 2.26. The lowest BCUT2D eigenvalue weighted by molar-refractivity contribution is -0.129. The standard InChI is InChI=1S/C27H27ClN6O3S/c1-16-29-23-8-7-21(13-24(23)38-16)31-27-32-26(37)22(15-34(27)14-18-3-5-19(28)6-4-18)25(36)30-20-9-11-33(12-10-20)17(2)35/h3-8,13,15,20H,9-12,14H2,1-2H3,(H,30,36)(H,31,32,37). The highest BCUT2D eigenvalue weighted by molar-refractivity contribution is 7.18. The molecule has 2 aromatic heterocycles. The molecule has 38 heavy (non-hydrogen) atoms. The summed E-state index contributed by atoms with van der Waals surface area (Å²) in [7, 11) is 0. The third-order valence-corrected chi connectivity index (χ3v) is 7.72. The number of anilines is 2. The maximum atomic E-state index is 13.1. The van der Waals surface area contributed by atoms with Gasteiger partial charge in [-0.1, -0.05) is 23.7 Å². The summed E-state index contributed by atoms with van der Waals surface area (Å²) in [5.74, 6) is -0.129. The molecule has 0 saturated carbocycles. The number of benzene rings is 2. The first kappa shape index (κ1) is 25.9. The molecular formula is C27H27ClN6O3S. The molecule has 0 atom stereocenters. The molecule has 1 fully saturated rings. The van der Waals surface area contributed by atoms with E-state index in [1.807, 2.05) is 37.3 Å². The van der Waals surface area contributed by atoms with E-state index in [1.54, 1.807) is 46.1 Å². The summed E-state index contributed by atoms with van der Waals surface area (Å²) >= 11 is 7.64. The summed E-state index contributed by atoms with van der Waals surface area (Å²) < 4.78 is 2.77. The first-order valence-corrected chi connectivity index (χ1v) is 13.5. The van der Waals surface area contributed by atoms with E-state index in [9.17, 15) is 14.4 Å². The Labute approximate surface area is 228 Å². The van der Waals surface area contributed by atoms with Crippen LogP contribution in [0.25, 0.3) is 10.2 Å². The predicted molar refractivity (Wildman–Crippen MR) is 149 cm³/mol. The maximum absolute atomic E-state index is 13.1. The van der Waals surface area contributed by atoms with Crippen molar-refractivity contribution in [2.45, 2.75) is 39.3 Å². The van der Waals surface area contributed by atoms with E-state index < -0.39 is 11.5 Å². The molecule has 4 aromatic rings. The van der Waals surface area contributed by atoms with Gasteiger partial charge in [0.2, 0.25) is 11.9 Å². The lowest BCUT2D eigenvalue weighted by Crippen LogP contribution is -2.46. The number of hydrogen-bond acceptors (Lipinski definition) is 7. The average molecular weight is 551 g/mol. The third-order valence-electron chi connectivity index (χ3n) is 6.53. The molecule has 1 aliphatic heterocycles. The first-order chi connectivity index (χ1) is 18.2. The monoisotopic (exact) mass is 550 g/mol. The molecule has 3 heterocycles. The van der Waals surface area contributed by atoms with Gasteiger partial charge >= 0.3 is 0 Å². The molecule has 1 aliphatic rings. The zero-order valence-electron chi connectivity index (χ0n) is 21.0. The molecule has 0 bridgehead atoms. The number of halogens is 1. The number of aryl methyl sites for hydroxylation is 1. The Morgan fingerprint density at radius 2 is 1.84 bits per heavy atom. The van der Waals surface area contributed by atoms with Gasteiger partial charge in [0, 0.05) is 43.0 Å². The van der Waals surface area contributed by atoms with Crippen molar-refractivity contribution < 1.29 is 9.59 Å². The highest BCUT2D eigenvalue weighted by atomic mass is 35.5. The van der Waals surface area contributed by atoms with Crippen LogP contribution in [0.15, 0.2) is 53.5 Å². The fraction of sp³-hybridized carbons (Fsp3) is 0.296. The van der Waals surface area contributed by atoms with Gasteiger partial charge in [0.1, 0.15) is 5.56 Å². The predicted octanol–water partition coefficient (Wildman–Crippen LogP) is 4.35. The van der Waals surface area contributed by atoms with Gasteiger partial charge in [-0.15, -0.1) is 11.3 Å². The average Bonchev–Trinajstić information content (AvgIpc) is 3.26. The minimum absolute atomic E-state index is 0.0248.